The highest BCUT2D eigenvalue weighted by Gasteiger charge is 2.28. The minimum Gasteiger partial charge on any atom is -0.341 e. The zero-order chi connectivity index (χ0) is 31.2. The molecule has 0 unspecified atom stereocenters. The number of pyridine rings is 1. The highest BCUT2D eigenvalue weighted by molar-refractivity contribution is 5.97. The zero-order valence-corrected chi connectivity index (χ0v) is 25.3. The van der Waals surface area contributed by atoms with Crippen LogP contribution < -0.4 is 4.90 Å². The first-order valence-corrected chi connectivity index (χ1v) is 14.9. The number of para-hydroxylation sites is 1. The van der Waals surface area contributed by atoms with E-state index in [1.165, 1.54) is 25.1 Å². The van der Waals surface area contributed by atoms with Crippen molar-refractivity contribution in [3.63, 3.8) is 0 Å². The van der Waals surface area contributed by atoms with Gasteiger partial charge in [-0.3, -0.25) is 4.79 Å². The van der Waals surface area contributed by atoms with Gasteiger partial charge < -0.3 is 14.4 Å². The molecular weight excluding hydrogens is 554 g/mol. The fourth-order valence-electron chi connectivity index (χ4n) is 5.92. The monoisotopic (exact) mass is 592 g/mol. The average molecular weight is 593 g/mol. The van der Waals surface area contributed by atoms with E-state index in [4.69, 9.17) is 0 Å². The molecule has 7 heteroatoms. The first-order chi connectivity index (χ1) is 21.2. The first-order valence-electron chi connectivity index (χ1n) is 14.9. The number of aryl methyl sites for hydroxylation is 1. The van der Waals surface area contributed by atoms with Crippen molar-refractivity contribution in [1.29, 1.82) is 0 Å². The van der Waals surface area contributed by atoms with E-state index < -0.39 is 0 Å². The van der Waals surface area contributed by atoms with Gasteiger partial charge in [-0.05, 0) is 79.8 Å². The topological polar surface area (TPSA) is 41.4 Å². The van der Waals surface area contributed by atoms with E-state index in [1.54, 1.807) is 18.3 Å². The summed E-state index contributed by atoms with van der Waals surface area (Å²) in [6, 6.07) is 18.5. The molecule has 1 aliphatic heterocycles. The number of fused-ring (bicyclic) bond motifs is 1. The summed E-state index contributed by atoms with van der Waals surface area (Å²) in [6.07, 6.45) is 10.1. The Labute approximate surface area is 258 Å². The summed E-state index contributed by atoms with van der Waals surface area (Å²) < 4.78 is 29.5. The second kappa shape index (κ2) is 13.7. The van der Waals surface area contributed by atoms with Gasteiger partial charge in [0.1, 0.15) is 11.5 Å². The lowest BCUT2D eigenvalue weighted by Crippen LogP contribution is -2.41. The molecule has 0 spiro atoms. The van der Waals surface area contributed by atoms with E-state index in [0.29, 0.717) is 31.7 Å². The van der Waals surface area contributed by atoms with Gasteiger partial charge in [-0.15, -0.1) is 0 Å². The molecule has 0 aliphatic carbocycles. The quantitative estimate of drug-likeness (QED) is 0.174. The molecule has 2 aromatic carbocycles. The summed E-state index contributed by atoms with van der Waals surface area (Å²) in [4.78, 5) is 22.2. The van der Waals surface area contributed by atoms with Crippen LogP contribution in [0.1, 0.15) is 41.3 Å². The first kappa shape index (κ1) is 30.7. The molecule has 2 aromatic heterocycles. The Kier molecular flexibility index (Phi) is 9.53. The average Bonchev–Trinajstić information content (AvgIpc) is 3.41. The number of allylic oxidation sites excluding steroid dienone is 4. The van der Waals surface area contributed by atoms with Crippen LogP contribution in [0.15, 0.2) is 122 Å². The Bertz CT molecular complexity index is 1740. The van der Waals surface area contributed by atoms with Gasteiger partial charge in [-0.1, -0.05) is 55.6 Å². The van der Waals surface area contributed by atoms with Gasteiger partial charge in [-0.25, -0.2) is 13.8 Å². The number of carbonyl (C=O) groups excluding carboxylic acids is 1. The highest BCUT2D eigenvalue weighted by Crippen LogP contribution is 2.33. The predicted molar refractivity (Wildman–Crippen MR) is 175 cm³/mol. The smallest absolute Gasteiger partial charge is 0.255 e. The number of likely N-dealkylation sites (tertiary alicyclic amines) is 1. The number of nitrogens with zero attached hydrogens (tertiary/aromatic N) is 4. The summed E-state index contributed by atoms with van der Waals surface area (Å²) in [5.41, 5.74) is 6.02. The molecule has 0 N–H and O–H groups in total. The maximum Gasteiger partial charge on any atom is 0.255 e. The van der Waals surface area contributed by atoms with Crippen LogP contribution in [-0.4, -0.2) is 40.0 Å². The molecule has 1 fully saturated rings. The van der Waals surface area contributed by atoms with Crippen molar-refractivity contribution in [1.82, 2.24) is 14.5 Å². The van der Waals surface area contributed by atoms with E-state index in [-0.39, 0.29) is 23.5 Å². The normalized spacial score (nSPS) is 14.6. The molecule has 1 saturated heterocycles. The third-order valence-electron chi connectivity index (χ3n) is 8.15. The number of piperidine rings is 1. The number of amides is 1. The van der Waals surface area contributed by atoms with E-state index in [1.807, 2.05) is 52.1 Å². The van der Waals surface area contributed by atoms with Gasteiger partial charge in [0.25, 0.3) is 5.91 Å². The second-order valence-corrected chi connectivity index (χ2v) is 11.3. The van der Waals surface area contributed by atoms with Crippen LogP contribution in [0.2, 0.25) is 0 Å². The molecule has 0 saturated carbocycles. The number of benzene rings is 2. The summed E-state index contributed by atoms with van der Waals surface area (Å²) in [6.45, 7) is 14.0. The lowest BCUT2D eigenvalue weighted by Gasteiger charge is -2.38. The minimum atomic E-state index is -0.270. The van der Waals surface area contributed by atoms with Gasteiger partial charge >= 0.3 is 0 Å². The third-order valence-corrected chi connectivity index (χ3v) is 8.15. The molecule has 5 rings (SSSR count). The molecule has 0 atom stereocenters. The molecule has 1 aliphatic rings. The van der Waals surface area contributed by atoms with Crippen molar-refractivity contribution in [3.8, 4) is 0 Å². The number of anilines is 1. The molecule has 5 nitrogen and oxygen atoms in total. The fraction of sp³-hybridized carbons (Fsp3) is 0.243. The van der Waals surface area contributed by atoms with Gasteiger partial charge in [0.05, 0.1) is 11.4 Å². The Morgan fingerprint density at radius 3 is 2.59 bits per heavy atom. The molecular formula is C37H38F2N4O. The van der Waals surface area contributed by atoms with E-state index in [2.05, 4.69) is 42.1 Å². The number of carbonyl (C=O) groups is 1. The van der Waals surface area contributed by atoms with Crippen molar-refractivity contribution in [2.45, 2.75) is 33.2 Å². The van der Waals surface area contributed by atoms with Crippen LogP contribution in [0.4, 0.5) is 14.5 Å². The molecule has 4 aromatic rings. The highest BCUT2D eigenvalue weighted by atomic mass is 19.1. The zero-order valence-electron chi connectivity index (χ0n) is 25.3. The molecule has 0 bridgehead atoms. The summed E-state index contributed by atoms with van der Waals surface area (Å²) in [5, 5.41) is 0.866. The van der Waals surface area contributed by atoms with Gasteiger partial charge in [0, 0.05) is 61.3 Å². The van der Waals surface area contributed by atoms with Crippen LogP contribution in [0.5, 0.6) is 0 Å². The van der Waals surface area contributed by atoms with Crippen LogP contribution >= 0.6 is 0 Å². The molecule has 44 heavy (non-hydrogen) atoms. The Morgan fingerprint density at radius 2 is 1.89 bits per heavy atom. The van der Waals surface area contributed by atoms with Crippen LogP contribution in [0.3, 0.4) is 0 Å². The van der Waals surface area contributed by atoms with Crippen molar-refractivity contribution >= 4 is 22.6 Å². The van der Waals surface area contributed by atoms with E-state index in [0.717, 1.165) is 52.0 Å². The second-order valence-electron chi connectivity index (χ2n) is 11.3. The summed E-state index contributed by atoms with van der Waals surface area (Å²) >= 11 is 0. The van der Waals surface area contributed by atoms with Gasteiger partial charge in [0.2, 0.25) is 0 Å². The van der Waals surface area contributed by atoms with Gasteiger partial charge in [0.15, 0.2) is 0 Å². The minimum absolute atomic E-state index is 0.0446. The van der Waals surface area contributed by atoms with E-state index >= 15 is 0 Å². The summed E-state index contributed by atoms with van der Waals surface area (Å²) in [5.74, 6) is -0.419. The maximum absolute atomic E-state index is 13.9. The number of halogens is 2. The third kappa shape index (κ3) is 7.05. The van der Waals surface area contributed by atoms with Gasteiger partial charge in [-0.2, -0.15) is 0 Å². The largest absolute Gasteiger partial charge is 0.341 e. The lowest BCUT2D eigenvalue weighted by molar-refractivity contribution is 0.0701. The van der Waals surface area contributed by atoms with Crippen molar-refractivity contribution in [3.05, 3.63) is 144 Å². The maximum atomic E-state index is 13.9. The molecule has 0 radical (unpaired) electrons. The lowest BCUT2D eigenvalue weighted by atomic mass is 9.92. The number of hydrogen-bond donors (Lipinski definition) is 0. The molecule has 3 heterocycles. The number of hydrogen-bond acceptors (Lipinski definition) is 3. The predicted octanol–water partition coefficient (Wildman–Crippen LogP) is 8.39. The fourth-order valence-corrected chi connectivity index (χ4v) is 5.92. The summed E-state index contributed by atoms with van der Waals surface area (Å²) in [7, 11) is 0. The SMILES string of the molecule is C=C/C=C(\C=C(/C)F)CN(C(=C)C1CCN(C(=O)c2cnc3c(ccn3Cc3cccc(F)c3)c2)CC1)c1ccccc1C. The van der Waals surface area contributed by atoms with Crippen molar-refractivity contribution in [2.24, 2.45) is 5.92 Å². The molecule has 1 amide bonds. The van der Waals surface area contributed by atoms with Crippen molar-refractivity contribution < 1.29 is 13.6 Å². The Hall–Kier alpha value is -4.78. The Balaban J connectivity index is 1.28. The molecule has 226 valence electrons. The van der Waals surface area contributed by atoms with Crippen molar-refractivity contribution in [2.75, 3.05) is 24.5 Å². The standard InChI is InChI=1S/C37H38F2N4O/c1-5-9-29(20-27(3)38)25-43(35-13-7-6-10-26(35)2)28(4)31-14-17-41(18-15-31)37(44)33-22-32-16-19-42(36(32)40-23-33)24-30-11-8-12-34(39)21-30/h5-13,16,19-23,31H,1,4,14-15,17-18,24-25H2,2-3H3/b27-20+,29-9+. The van der Waals surface area contributed by atoms with E-state index in [9.17, 15) is 13.6 Å². The van der Waals surface area contributed by atoms with Crippen LogP contribution in [0.25, 0.3) is 11.0 Å². The number of rotatable bonds is 10. The Morgan fingerprint density at radius 1 is 1.11 bits per heavy atom. The van der Waals surface area contributed by atoms with Crippen LogP contribution in [-0.2, 0) is 6.54 Å². The number of aromatic nitrogens is 2. The van der Waals surface area contributed by atoms with Crippen LogP contribution in [0, 0.1) is 18.7 Å².